The molecule has 0 bridgehead atoms. The highest BCUT2D eigenvalue weighted by Crippen LogP contribution is 2.39. The van der Waals surface area contributed by atoms with Gasteiger partial charge in [-0.3, -0.25) is 9.29 Å². The molecule has 41 heavy (non-hydrogen) atoms. The van der Waals surface area contributed by atoms with Crippen molar-refractivity contribution in [3.8, 4) is 17.4 Å². The van der Waals surface area contributed by atoms with Crippen molar-refractivity contribution in [2.24, 2.45) is 0 Å². The van der Waals surface area contributed by atoms with E-state index in [-0.39, 0.29) is 40.2 Å². The summed E-state index contributed by atoms with van der Waals surface area (Å²) in [6.07, 6.45) is 3.77. The first kappa shape index (κ1) is 30.7. The topological polar surface area (TPSA) is 165 Å². The Morgan fingerprint density at radius 3 is 2.15 bits per heavy atom. The Kier molecular flexibility index (Phi) is 9.83. The van der Waals surface area contributed by atoms with Gasteiger partial charge in [-0.15, -0.1) is 10.2 Å². The van der Waals surface area contributed by atoms with Gasteiger partial charge in [0, 0.05) is 25.4 Å². The third-order valence-electron chi connectivity index (χ3n) is 6.69. The minimum Gasteiger partial charge on any atom is -0.479 e. The quantitative estimate of drug-likeness (QED) is 0.315. The predicted octanol–water partition coefficient (Wildman–Crippen LogP) is 3.30. The number of nitrogens with zero attached hydrogens (tertiary/aromatic N) is 7. The number of halogens is 3. The maximum Gasteiger partial charge on any atom is 0.345 e. The molecule has 224 valence electrons. The van der Waals surface area contributed by atoms with Crippen molar-refractivity contribution < 1.29 is 36.1 Å². The highest BCUT2D eigenvalue weighted by Gasteiger charge is 2.37. The molecule has 2 atom stereocenters. The summed E-state index contributed by atoms with van der Waals surface area (Å²) in [4.78, 5) is 16.5. The highest BCUT2D eigenvalue weighted by atomic mass is 35.5. The van der Waals surface area contributed by atoms with Gasteiger partial charge in [-0.25, -0.2) is 18.4 Å². The van der Waals surface area contributed by atoms with Crippen molar-refractivity contribution in [2.45, 2.75) is 62.6 Å². The molecule has 0 saturated heterocycles. The van der Waals surface area contributed by atoms with E-state index in [1.807, 2.05) is 0 Å². The van der Waals surface area contributed by atoms with E-state index in [0.717, 1.165) is 0 Å². The minimum atomic E-state index is -4.23. The molecule has 1 aliphatic rings. The number of alkyl halides is 2. The Morgan fingerprint density at radius 1 is 1.00 bits per heavy atom. The maximum atomic E-state index is 13.6. The monoisotopic (exact) mass is 618 g/mol. The molecule has 0 amide bonds. The van der Waals surface area contributed by atoms with E-state index in [1.165, 1.54) is 51.5 Å². The van der Waals surface area contributed by atoms with Gasteiger partial charge in [0.25, 0.3) is 0 Å². The zero-order valence-electron chi connectivity index (χ0n) is 22.6. The van der Waals surface area contributed by atoms with Crippen LogP contribution in [0.3, 0.4) is 0 Å². The molecule has 14 nitrogen and oxygen atoms in total. The van der Waals surface area contributed by atoms with Crippen molar-refractivity contribution in [1.82, 2.24) is 34.7 Å². The molecule has 3 aromatic rings. The lowest BCUT2D eigenvalue weighted by Gasteiger charge is -2.28. The zero-order valence-corrected chi connectivity index (χ0v) is 24.1. The molecule has 1 fully saturated rings. The molecule has 0 radical (unpaired) electrons. The van der Waals surface area contributed by atoms with Crippen LogP contribution in [0.4, 0.5) is 14.7 Å². The molecule has 3 aromatic heterocycles. The van der Waals surface area contributed by atoms with Gasteiger partial charge in [-0.05, 0) is 32.6 Å². The van der Waals surface area contributed by atoms with Crippen LogP contribution >= 0.6 is 11.6 Å². The Labute approximate surface area is 239 Å². The van der Waals surface area contributed by atoms with Crippen LogP contribution in [-0.2, 0) is 19.5 Å². The molecule has 0 aliphatic heterocycles. The van der Waals surface area contributed by atoms with Crippen LogP contribution in [0.25, 0.3) is 5.69 Å². The van der Waals surface area contributed by atoms with Crippen LogP contribution in [0, 0.1) is 0 Å². The van der Waals surface area contributed by atoms with Crippen molar-refractivity contribution in [2.75, 3.05) is 26.1 Å². The van der Waals surface area contributed by atoms with E-state index in [2.05, 4.69) is 39.6 Å². The number of anilines is 1. The lowest BCUT2D eigenvalue weighted by molar-refractivity contribution is -0.170. The zero-order chi connectivity index (χ0) is 29.7. The van der Waals surface area contributed by atoms with Crippen molar-refractivity contribution in [1.29, 1.82) is 0 Å². The van der Waals surface area contributed by atoms with Crippen LogP contribution in [0.5, 0.6) is 11.8 Å². The Morgan fingerprint density at radius 2 is 1.61 bits per heavy atom. The molecule has 1 aliphatic carbocycles. The van der Waals surface area contributed by atoms with Gasteiger partial charge in [-0.2, -0.15) is 18.7 Å². The number of rotatable bonds is 12. The van der Waals surface area contributed by atoms with Crippen LogP contribution in [0.1, 0.15) is 56.3 Å². The Bertz CT molecular complexity index is 1400. The minimum absolute atomic E-state index is 0.0606. The van der Waals surface area contributed by atoms with Crippen molar-refractivity contribution >= 4 is 27.6 Å². The maximum absolute atomic E-state index is 13.6. The van der Waals surface area contributed by atoms with Gasteiger partial charge >= 0.3 is 6.61 Å². The van der Waals surface area contributed by atoms with E-state index < -0.39 is 34.1 Å². The molecular formula is C23H29ClF2N8O6S. The van der Waals surface area contributed by atoms with Crippen LogP contribution < -0.4 is 14.2 Å². The largest absolute Gasteiger partial charge is 0.479 e. The summed E-state index contributed by atoms with van der Waals surface area (Å²) in [5.74, 6) is 0.0765. The summed E-state index contributed by atoms with van der Waals surface area (Å²) in [6, 6.07) is 0. The SMILES string of the molecule is COc1ncnc(OC)c1-n1c(NS(=O)(=O)[C@@H](C)[C@H](OC)c2ncc(Cl)cn2)nnc1[C@H]1CC[C@@H](OC(F)F)CC1. The number of nitrogens with one attached hydrogen (secondary N) is 1. The van der Waals surface area contributed by atoms with Gasteiger partial charge in [0.2, 0.25) is 27.7 Å². The predicted molar refractivity (Wildman–Crippen MR) is 141 cm³/mol. The first-order chi connectivity index (χ1) is 19.6. The molecule has 0 spiro atoms. The molecule has 1 N–H and O–H groups in total. The summed E-state index contributed by atoms with van der Waals surface area (Å²) in [6.45, 7) is -1.44. The van der Waals surface area contributed by atoms with E-state index in [4.69, 9.17) is 25.8 Å². The van der Waals surface area contributed by atoms with Crippen molar-refractivity contribution in [3.05, 3.63) is 35.4 Å². The van der Waals surface area contributed by atoms with Crippen LogP contribution in [0.15, 0.2) is 18.7 Å². The summed E-state index contributed by atoms with van der Waals surface area (Å²) in [5, 5.41) is 7.50. The second-order valence-electron chi connectivity index (χ2n) is 9.10. The van der Waals surface area contributed by atoms with Gasteiger partial charge < -0.3 is 18.9 Å². The van der Waals surface area contributed by atoms with Gasteiger partial charge in [0.05, 0.1) is 25.3 Å². The van der Waals surface area contributed by atoms with E-state index >= 15 is 0 Å². The second kappa shape index (κ2) is 13.1. The Hall–Kier alpha value is -3.28. The normalized spacial score (nSPS) is 19.1. The fourth-order valence-electron chi connectivity index (χ4n) is 4.65. The van der Waals surface area contributed by atoms with Crippen LogP contribution in [-0.4, -0.2) is 82.4 Å². The average molecular weight is 619 g/mol. The average Bonchev–Trinajstić information content (AvgIpc) is 3.36. The number of ether oxygens (including phenoxy) is 4. The van der Waals surface area contributed by atoms with Gasteiger partial charge in [0.15, 0.2) is 11.5 Å². The Balaban J connectivity index is 1.74. The third-order valence-corrected chi connectivity index (χ3v) is 8.57. The fraction of sp³-hybridized carbons (Fsp3) is 0.565. The van der Waals surface area contributed by atoms with Crippen LogP contribution in [0.2, 0.25) is 5.02 Å². The molecule has 18 heteroatoms. The standard InChI is InChI=1S/C23H29ClF2N8O6S/c1-12(17(37-2)18-27-9-14(24)10-28-18)41(35,36)33-23-32-31-19(13-5-7-15(8-6-13)40-22(25)26)34(23)16-20(38-3)29-11-30-21(16)39-4/h9-13,15,17,22H,5-8H2,1-4H3,(H,32,33)/t12-,13-,15+,17-/m0/s1. The summed E-state index contributed by atoms with van der Waals surface area (Å²) >= 11 is 5.87. The summed E-state index contributed by atoms with van der Waals surface area (Å²) in [5.41, 5.74) is 0.151. The molecule has 0 unspecified atom stereocenters. The van der Waals surface area contributed by atoms with E-state index in [9.17, 15) is 17.2 Å². The van der Waals surface area contributed by atoms with E-state index in [0.29, 0.717) is 31.5 Å². The molecule has 3 heterocycles. The van der Waals surface area contributed by atoms with E-state index in [1.54, 1.807) is 0 Å². The lowest BCUT2D eigenvalue weighted by atomic mass is 9.86. The lowest BCUT2D eigenvalue weighted by Crippen LogP contribution is -2.33. The van der Waals surface area contributed by atoms with Gasteiger partial charge in [-0.1, -0.05) is 11.6 Å². The summed E-state index contributed by atoms with van der Waals surface area (Å²) < 4.78 is 77.6. The van der Waals surface area contributed by atoms with Crippen molar-refractivity contribution in [3.63, 3.8) is 0 Å². The third kappa shape index (κ3) is 6.79. The fourth-order valence-corrected chi connectivity index (χ4v) is 5.87. The molecule has 4 rings (SSSR count). The number of aromatic nitrogens is 7. The molecular weight excluding hydrogens is 590 g/mol. The second-order valence-corrected chi connectivity index (χ2v) is 11.6. The smallest absolute Gasteiger partial charge is 0.345 e. The molecule has 0 aromatic carbocycles. The highest BCUT2D eigenvalue weighted by molar-refractivity contribution is 7.93. The number of methoxy groups -OCH3 is 3. The molecule has 1 saturated carbocycles. The number of hydrogen-bond acceptors (Lipinski definition) is 12. The number of hydrogen-bond donors (Lipinski definition) is 1. The number of sulfonamides is 1. The first-order valence-electron chi connectivity index (χ1n) is 12.4. The van der Waals surface area contributed by atoms with Gasteiger partial charge in [0.1, 0.15) is 23.5 Å². The first-order valence-corrected chi connectivity index (χ1v) is 14.4. The summed E-state index contributed by atoms with van der Waals surface area (Å²) in [7, 11) is -0.139.